The average molecular weight is 247 g/mol. The second-order valence-electron chi connectivity index (χ2n) is 4.55. The molecule has 0 spiro atoms. The number of rotatable bonds is 5. The summed E-state index contributed by atoms with van der Waals surface area (Å²) in [5, 5.41) is 11.7. The molecule has 1 aromatic rings. The second-order valence-corrected chi connectivity index (χ2v) is 4.55. The minimum Gasteiger partial charge on any atom is -0.394 e. The highest BCUT2D eigenvalue weighted by atomic mass is 16.3. The van der Waals surface area contributed by atoms with E-state index in [0.29, 0.717) is 0 Å². The van der Waals surface area contributed by atoms with Crippen LogP contribution in [0.4, 0.5) is 0 Å². The molecule has 1 unspecified atom stereocenters. The van der Waals surface area contributed by atoms with E-state index in [2.05, 4.69) is 11.4 Å². The molecule has 0 fully saturated rings. The van der Waals surface area contributed by atoms with E-state index in [0.717, 1.165) is 12.0 Å². The number of benzene rings is 1. The first kappa shape index (κ1) is 14.5. The van der Waals surface area contributed by atoms with E-state index in [1.165, 1.54) is 17.2 Å². The third kappa shape index (κ3) is 4.72. The van der Waals surface area contributed by atoms with Gasteiger partial charge in [0.15, 0.2) is 0 Å². The van der Waals surface area contributed by atoms with Gasteiger partial charge >= 0.3 is 0 Å². The number of aliphatic hydroxyl groups is 1. The SMILES string of the molecule is CCC(CO)NC(=O)/C=C/c1cc(C)cc(C)c1. The molecule has 0 radical (unpaired) electrons. The molecule has 0 bridgehead atoms. The van der Waals surface area contributed by atoms with Gasteiger partial charge in [0.25, 0.3) is 0 Å². The van der Waals surface area contributed by atoms with Crippen molar-refractivity contribution in [3.05, 3.63) is 41.0 Å². The minimum atomic E-state index is -0.171. The molecule has 0 heterocycles. The Labute approximate surface area is 109 Å². The Morgan fingerprint density at radius 2 is 1.94 bits per heavy atom. The highest BCUT2D eigenvalue weighted by molar-refractivity contribution is 5.91. The van der Waals surface area contributed by atoms with Crippen LogP contribution in [0.5, 0.6) is 0 Å². The zero-order valence-corrected chi connectivity index (χ0v) is 11.2. The summed E-state index contributed by atoms with van der Waals surface area (Å²) in [4.78, 5) is 11.6. The summed E-state index contributed by atoms with van der Waals surface area (Å²) in [6, 6.07) is 5.98. The fraction of sp³-hybridized carbons (Fsp3) is 0.400. The van der Waals surface area contributed by atoms with Crippen molar-refractivity contribution in [3.63, 3.8) is 0 Å². The number of hydrogen-bond acceptors (Lipinski definition) is 2. The first-order valence-corrected chi connectivity index (χ1v) is 6.23. The molecule has 0 aliphatic heterocycles. The van der Waals surface area contributed by atoms with Crippen molar-refractivity contribution in [2.75, 3.05) is 6.61 Å². The van der Waals surface area contributed by atoms with Crippen LogP contribution in [0, 0.1) is 13.8 Å². The van der Waals surface area contributed by atoms with E-state index in [-0.39, 0.29) is 18.6 Å². The van der Waals surface area contributed by atoms with Gasteiger partial charge in [-0.1, -0.05) is 36.2 Å². The highest BCUT2D eigenvalue weighted by Gasteiger charge is 2.05. The molecule has 0 aromatic heterocycles. The Bertz CT molecular complexity index is 414. The molecular formula is C15H21NO2. The Balaban J connectivity index is 2.65. The predicted octanol–water partition coefficient (Wildman–Crippen LogP) is 2.20. The Morgan fingerprint density at radius 3 is 2.44 bits per heavy atom. The Hall–Kier alpha value is -1.61. The molecule has 2 N–H and O–H groups in total. The molecule has 0 saturated carbocycles. The summed E-state index contributed by atoms with van der Waals surface area (Å²) in [6.45, 7) is 5.96. The summed E-state index contributed by atoms with van der Waals surface area (Å²) < 4.78 is 0. The van der Waals surface area contributed by atoms with Crippen molar-refractivity contribution in [1.82, 2.24) is 5.32 Å². The molecule has 0 aliphatic carbocycles. The van der Waals surface area contributed by atoms with Crippen LogP contribution in [0.15, 0.2) is 24.3 Å². The molecular weight excluding hydrogens is 226 g/mol. The van der Waals surface area contributed by atoms with Gasteiger partial charge in [-0.05, 0) is 31.9 Å². The lowest BCUT2D eigenvalue weighted by Crippen LogP contribution is -2.35. The summed E-state index contributed by atoms with van der Waals surface area (Å²) >= 11 is 0. The van der Waals surface area contributed by atoms with E-state index < -0.39 is 0 Å². The van der Waals surface area contributed by atoms with Crippen LogP contribution in [-0.2, 0) is 4.79 Å². The van der Waals surface area contributed by atoms with Crippen LogP contribution in [0.1, 0.15) is 30.0 Å². The standard InChI is InChI=1S/C15H21NO2/c1-4-14(10-17)16-15(18)6-5-13-8-11(2)7-12(3)9-13/h5-9,14,17H,4,10H2,1-3H3,(H,16,18)/b6-5+. The number of nitrogens with one attached hydrogen (secondary N) is 1. The smallest absolute Gasteiger partial charge is 0.244 e. The molecule has 1 amide bonds. The highest BCUT2D eigenvalue weighted by Crippen LogP contribution is 2.10. The maximum absolute atomic E-state index is 11.6. The number of carbonyl (C=O) groups is 1. The maximum atomic E-state index is 11.6. The van der Waals surface area contributed by atoms with Crippen LogP contribution >= 0.6 is 0 Å². The van der Waals surface area contributed by atoms with Gasteiger partial charge in [-0.2, -0.15) is 0 Å². The van der Waals surface area contributed by atoms with Gasteiger partial charge in [-0.3, -0.25) is 4.79 Å². The van der Waals surface area contributed by atoms with Crippen molar-refractivity contribution >= 4 is 12.0 Å². The van der Waals surface area contributed by atoms with E-state index in [1.54, 1.807) is 6.08 Å². The molecule has 98 valence electrons. The lowest BCUT2D eigenvalue weighted by atomic mass is 10.1. The lowest BCUT2D eigenvalue weighted by Gasteiger charge is -2.11. The van der Waals surface area contributed by atoms with E-state index in [1.807, 2.05) is 32.9 Å². The molecule has 0 saturated heterocycles. The van der Waals surface area contributed by atoms with Gasteiger partial charge in [0.1, 0.15) is 0 Å². The minimum absolute atomic E-state index is 0.0281. The third-order valence-electron chi connectivity index (χ3n) is 2.73. The van der Waals surface area contributed by atoms with E-state index in [4.69, 9.17) is 5.11 Å². The number of amides is 1. The largest absolute Gasteiger partial charge is 0.394 e. The first-order valence-electron chi connectivity index (χ1n) is 6.23. The Kier molecular flexibility index (Phi) is 5.59. The zero-order chi connectivity index (χ0) is 13.5. The molecule has 1 aromatic carbocycles. The first-order chi connectivity index (χ1) is 8.55. The number of hydrogen-bond donors (Lipinski definition) is 2. The van der Waals surface area contributed by atoms with E-state index >= 15 is 0 Å². The van der Waals surface area contributed by atoms with Gasteiger partial charge in [0.2, 0.25) is 5.91 Å². The number of aryl methyl sites for hydroxylation is 2. The van der Waals surface area contributed by atoms with Crippen molar-refractivity contribution in [2.24, 2.45) is 0 Å². The van der Waals surface area contributed by atoms with E-state index in [9.17, 15) is 4.79 Å². The summed E-state index contributed by atoms with van der Waals surface area (Å²) in [7, 11) is 0. The van der Waals surface area contributed by atoms with Gasteiger partial charge in [0.05, 0.1) is 12.6 Å². The van der Waals surface area contributed by atoms with Crippen molar-refractivity contribution in [3.8, 4) is 0 Å². The average Bonchev–Trinajstić information content (AvgIpc) is 2.32. The molecule has 1 rings (SSSR count). The summed E-state index contributed by atoms with van der Waals surface area (Å²) in [6.07, 6.45) is 4.02. The van der Waals surface area contributed by atoms with Crippen molar-refractivity contribution in [2.45, 2.75) is 33.2 Å². The van der Waals surface area contributed by atoms with Crippen molar-refractivity contribution < 1.29 is 9.90 Å². The van der Waals surface area contributed by atoms with Crippen LogP contribution in [0.2, 0.25) is 0 Å². The van der Waals surface area contributed by atoms with Gasteiger partial charge in [-0.25, -0.2) is 0 Å². The fourth-order valence-corrected chi connectivity index (χ4v) is 1.80. The van der Waals surface area contributed by atoms with Gasteiger partial charge in [-0.15, -0.1) is 0 Å². The predicted molar refractivity (Wildman–Crippen MR) is 74.3 cm³/mol. The third-order valence-corrected chi connectivity index (χ3v) is 2.73. The molecule has 3 nitrogen and oxygen atoms in total. The lowest BCUT2D eigenvalue weighted by molar-refractivity contribution is -0.117. The number of aliphatic hydroxyl groups excluding tert-OH is 1. The van der Waals surface area contributed by atoms with Crippen LogP contribution in [0.25, 0.3) is 6.08 Å². The normalized spacial score (nSPS) is 12.7. The Morgan fingerprint density at radius 1 is 1.33 bits per heavy atom. The van der Waals surface area contributed by atoms with Crippen LogP contribution in [0.3, 0.4) is 0 Å². The van der Waals surface area contributed by atoms with Crippen LogP contribution in [-0.4, -0.2) is 23.7 Å². The van der Waals surface area contributed by atoms with Crippen LogP contribution < -0.4 is 5.32 Å². The monoisotopic (exact) mass is 247 g/mol. The second kappa shape index (κ2) is 6.97. The van der Waals surface area contributed by atoms with Gasteiger partial charge in [0, 0.05) is 6.08 Å². The summed E-state index contributed by atoms with van der Waals surface area (Å²) in [5.41, 5.74) is 3.37. The maximum Gasteiger partial charge on any atom is 0.244 e. The molecule has 0 aliphatic rings. The zero-order valence-electron chi connectivity index (χ0n) is 11.2. The van der Waals surface area contributed by atoms with Crippen molar-refractivity contribution in [1.29, 1.82) is 0 Å². The molecule has 1 atom stereocenters. The topological polar surface area (TPSA) is 49.3 Å². The molecule has 3 heteroatoms. The molecule has 18 heavy (non-hydrogen) atoms. The summed E-state index contributed by atoms with van der Waals surface area (Å²) in [5.74, 6) is -0.171. The van der Waals surface area contributed by atoms with Gasteiger partial charge < -0.3 is 10.4 Å². The fourth-order valence-electron chi connectivity index (χ4n) is 1.80. The quantitative estimate of drug-likeness (QED) is 0.784. The number of carbonyl (C=O) groups excluding carboxylic acids is 1.